The van der Waals surface area contributed by atoms with E-state index in [4.69, 9.17) is 0 Å². The van der Waals surface area contributed by atoms with Gasteiger partial charge in [-0.1, -0.05) is 39.5 Å². The SMILES string of the molecule is CCCCCCN(CCCC)C(C)=O. The molecule has 0 aliphatic heterocycles. The molecule has 14 heavy (non-hydrogen) atoms. The third-order valence-electron chi connectivity index (χ3n) is 2.51. The Balaban J connectivity index is 3.57. The normalized spacial score (nSPS) is 10.2. The molecule has 0 rings (SSSR count). The minimum atomic E-state index is 0.231. The van der Waals surface area contributed by atoms with E-state index in [9.17, 15) is 4.79 Å². The highest BCUT2D eigenvalue weighted by atomic mass is 16.2. The number of amides is 1. The van der Waals surface area contributed by atoms with E-state index in [0.29, 0.717) is 0 Å². The maximum Gasteiger partial charge on any atom is 0.219 e. The van der Waals surface area contributed by atoms with Crippen molar-refractivity contribution in [2.45, 2.75) is 59.3 Å². The summed E-state index contributed by atoms with van der Waals surface area (Å²) in [5.41, 5.74) is 0. The van der Waals surface area contributed by atoms with Crippen LogP contribution in [0.3, 0.4) is 0 Å². The van der Waals surface area contributed by atoms with E-state index in [1.54, 1.807) is 6.92 Å². The Labute approximate surface area is 88.7 Å². The Morgan fingerprint density at radius 2 is 1.50 bits per heavy atom. The molecule has 0 spiro atoms. The zero-order valence-corrected chi connectivity index (χ0v) is 10.0. The number of carbonyl (C=O) groups excluding carboxylic acids is 1. The Morgan fingerprint density at radius 3 is 2.00 bits per heavy atom. The van der Waals surface area contributed by atoms with E-state index < -0.39 is 0 Å². The molecule has 0 aromatic rings. The van der Waals surface area contributed by atoms with Gasteiger partial charge in [0.05, 0.1) is 0 Å². The van der Waals surface area contributed by atoms with Crippen LogP contribution in [0.25, 0.3) is 0 Å². The van der Waals surface area contributed by atoms with Crippen molar-refractivity contribution in [3.63, 3.8) is 0 Å². The fourth-order valence-corrected chi connectivity index (χ4v) is 1.51. The minimum absolute atomic E-state index is 0.231. The van der Waals surface area contributed by atoms with Gasteiger partial charge in [-0.15, -0.1) is 0 Å². The van der Waals surface area contributed by atoms with Crippen LogP contribution in [0, 0.1) is 0 Å². The lowest BCUT2D eigenvalue weighted by molar-refractivity contribution is -0.129. The first-order valence-corrected chi connectivity index (χ1v) is 5.97. The Kier molecular flexibility index (Phi) is 8.70. The van der Waals surface area contributed by atoms with Gasteiger partial charge >= 0.3 is 0 Å². The fraction of sp³-hybridized carbons (Fsp3) is 0.917. The van der Waals surface area contributed by atoms with Gasteiger partial charge in [0, 0.05) is 20.0 Å². The Morgan fingerprint density at radius 1 is 0.929 bits per heavy atom. The quantitative estimate of drug-likeness (QED) is 0.550. The zero-order valence-electron chi connectivity index (χ0n) is 10.0. The summed E-state index contributed by atoms with van der Waals surface area (Å²) in [6, 6.07) is 0. The molecule has 84 valence electrons. The maximum absolute atomic E-state index is 11.2. The second-order valence-electron chi connectivity index (χ2n) is 3.92. The second-order valence-corrected chi connectivity index (χ2v) is 3.92. The molecule has 0 aromatic carbocycles. The van der Waals surface area contributed by atoms with Crippen molar-refractivity contribution in [1.82, 2.24) is 4.90 Å². The molecule has 0 N–H and O–H groups in total. The molecule has 0 fully saturated rings. The molecule has 0 heterocycles. The molecular weight excluding hydrogens is 174 g/mol. The molecule has 0 aliphatic rings. The number of hydrogen-bond donors (Lipinski definition) is 0. The summed E-state index contributed by atoms with van der Waals surface area (Å²) < 4.78 is 0. The highest BCUT2D eigenvalue weighted by Gasteiger charge is 2.06. The van der Waals surface area contributed by atoms with Crippen LogP contribution in [0.5, 0.6) is 0 Å². The first-order valence-electron chi connectivity index (χ1n) is 5.97. The van der Waals surface area contributed by atoms with E-state index in [1.165, 1.54) is 25.7 Å². The summed E-state index contributed by atoms with van der Waals surface area (Å²) >= 11 is 0. The molecule has 0 bridgehead atoms. The van der Waals surface area contributed by atoms with Crippen LogP contribution in [-0.2, 0) is 4.79 Å². The summed E-state index contributed by atoms with van der Waals surface area (Å²) in [6.45, 7) is 7.94. The van der Waals surface area contributed by atoms with Gasteiger partial charge in [-0.25, -0.2) is 0 Å². The van der Waals surface area contributed by atoms with Crippen LogP contribution < -0.4 is 0 Å². The Bertz CT molecular complexity index is 145. The molecule has 2 nitrogen and oxygen atoms in total. The lowest BCUT2D eigenvalue weighted by Crippen LogP contribution is -2.30. The first kappa shape index (κ1) is 13.5. The largest absolute Gasteiger partial charge is 0.343 e. The monoisotopic (exact) mass is 199 g/mol. The number of hydrogen-bond acceptors (Lipinski definition) is 1. The number of rotatable bonds is 8. The van der Waals surface area contributed by atoms with Crippen molar-refractivity contribution in [3.05, 3.63) is 0 Å². The molecule has 0 aliphatic carbocycles. The molecule has 2 heteroatoms. The van der Waals surface area contributed by atoms with E-state index >= 15 is 0 Å². The molecule has 0 saturated carbocycles. The minimum Gasteiger partial charge on any atom is -0.343 e. The van der Waals surface area contributed by atoms with Crippen LogP contribution in [0.2, 0.25) is 0 Å². The molecule has 0 unspecified atom stereocenters. The lowest BCUT2D eigenvalue weighted by Gasteiger charge is -2.20. The van der Waals surface area contributed by atoms with Crippen LogP contribution in [0.1, 0.15) is 59.3 Å². The number of unbranched alkanes of at least 4 members (excludes halogenated alkanes) is 4. The predicted molar refractivity (Wildman–Crippen MR) is 61.3 cm³/mol. The molecular formula is C12H25NO. The van der Waals surface area contributed by atoms with Gasteiger partial charge in [0.25, 0.3) is 0 Å². The lowest BCUT2D eigenvalue weighted by atomic mass is 10.2. The van der Waals surface area contributed by atoms with Gasteiger partial charge in [0.15, 0.2) is 0 Å². The van der Waals surface area contributed by atoms with Gasteiger partial charge in [-0.05, 0) is 12.8 Å². The standard InChI is InChI=1S/C12H25NO/c1-4-6-8-9-11-13(12(3)14)10-7-5-2/h4-11H2,1-3H3. The first-order chi connectivity index (χ1) is 6.72. The van der Waals surface area contributed by atoms with Gasteiger partial charge in [0.2, 0.25) is 5.91 Å². The summed E-state index contributed by atoms with van der Waals surface area (Å²) in [6.07, 6.45) is 7.27. The van der Waals surface area contributed by atoms with Crippen LogP contribution >= 0.6 is 0 Å². The van der Waals surface area contributed by atoms with E-state index in [1.807, 2.05) is 4.90 Å². The zero-order chi connectivity index (χ0) is 10.8. The molecule has 0 aromatic heterocycles. The molecule has 0 saturated heterocycles. The third-order valence-corrected chi connectivity index (χ3v) is 2.51. The smallest absolute Gasteiger partial charge is 0.219 e. The van der Waals surface area contributed by atoms with Gasteiger partial charge in [-0.3, -0.25) is 4.79 Å². The van der Waals surface area contributed by atoms with Gasteiger partial charge in [-0.2, -0.15) is 0 Å². The number of nitrogens with zero attached hydrogens (tertiary/aromatic N) is 1. The van der Waals surface area contributed by atoms with Crippen molar-refractivity contribution >= 4 is 5.91 Å². The van der Waals surface area contributed by atoms with Crippen LogP contribution in [0.15, 0.2) is 0 Å². The van der Waals surface area contributed by atoms with Crippen LogP contribution in [-0.4, -0.2) is 23.9 Å². The Hall–Kier alpha value is -0.530. The van der Waals surface area contributed by atoms with Crippen molar-refractivity contribution in [2.24, 2.45) is 0 Å². The maximum atomic E-state index is 11.2. The predicted octanol–water partition coefficient (Wildman–Crippen LogP) is 3.22. The average Bonchev–Trinajstić information content (AvgIpc) is 2.16. The van der Waals surface area contributed by atoms with Crippen LogP contribution in [0.4, 0.5) is 0 Å². The third kappa shape index (κ3) is 6.93. The van der Waals surface area contributed by atoms with E-state index in [2.05, 4.69) is 13.8 Å². The van der Waals surface area contributed by atoms with Crippen molar-refractivity contribution < 1.29 is 4.79 Å². The van der Waals surface area contributed by atoms with E-state index in [-0.39, 0.29) is 5.91 Å². The second kappa shape index (κ2) is 9.04. The van der Waals surface area contributed by atoms with Crippen molar-refractivity contribution in [2.75, 3.05) is 13.1 Å². The average molecular weight is 199 g/mol. The fourth-order valence-electron chi connectivity index (χ4n) is 1.51. The van der Waals surface area contributed by atoms with Crippen molar-refractivity contribution in [3.8, 4) is 0 Å². The highest BCUT2D eigenvalue weighted by Crippen LogP contribution is 2.03. The summed E-state index contributed by atoms with van der Waals surface area (Å²) in [4.78, 5) is 13.2. The summed E-state index contributed by atoms with van der Waals surface area (Å²) in [5, 5.41) is 0. The van der Waals surface area contributed by atoms with Gasteiger partial charge < -0.3 is 4.90 Å². The summed E-state index contributed by atoms with van der Waals surface area (Å²) in [7, 11) is 0. The molecule has 0 radical (unpaired) electrons. The topological polar surface area (TPSA) is 20.3 Å². The van der Waals surface area contributed by atoms with Gasteiger partial charge in [0.1, 0.15) is 0 Å². The highest BCUT2D eigenvalue weighted by molar-refractivity contribution is 5.73. The molecule has 0 atom stereocenters. The van der Waals surface area contributed by atoms with Crippen molar-refractivity contribution in [1.29, 1.82) is 0 Å². The van der Waals surface area contributed by atoms with E-state index in [0.717, 1.165) is 25.9 Å². The summed E-state index contributed by atoms with van der Waals surface area (Å²) in [5.74, 6) is 0.231. The molecule has 1 amide bonds. The number of carbonyl (C=O) groups is 1.